The van der Waals surface area contributed by atoms with E-state index in [1.54, 1.807) is 31.3 Å². The fourth-order valence-corrected chi connectivity index (χ4v) is 3.06. The molecule has 0 saturated carbocycles. The van der Waals surface area contributed by atoms with Crippen LogP contribution in [0.25, 0.3) is 0 Å². The minimum atomic E-state index is -1.19. The first kappa shape index (κ1) is 14.5. The minimum absolute atomic E-state index is 0.151. The second kappa shape index (κ2) is 5.73. The number of aliphatic hydroxyl groups excluding tert-OH is 1. The van der Waals surface area contributed by atoms with Crippen molar-refractivity contribution in [2.24, 2.45) is 0 Å². The van der Waals surface area contributed by atoms with Crippen LogP contribution in [0.1, 0.15) is 21.8 Å². The zero-order valence-electron chi connectivity index (χ0n) is 12.2. The Kier molecular flexibility index (Phi) is 3.77. The molecule has 1 fully saturated rings. The largest absolute Gasteiger partial charge is 0.383 e. The average molecular weight is 295 g/mol. The molecule has 1 heterocycles. The van der Waals surface area contributed by atoms with Gasteiger partial charge in [0.05, 0.1) is 0 Å². The first-order valence-corrected chi connectivity index (χ1v) is 7.20. The van der Waals surface area contributed by atoms with Gasteiger partial charge in [-0.3, -0.25) is 9.59 Å². The lowest BCUT2D eigenvalue weighted by Gasteiger charge is -2.24. The van der Waals surface area contributed by atoms with E-state index < -0.39 is 24.0 Å². The highest BCUT2D eigenvalue weighted by molar-refractivity contribution is 6.05. The topological polar surface area (TPSA) is 57.6 Å². The number of hydrogen-bond donors (Lipinski definition) is 1. The molecule has 0 radical (unpaired) electrons. The van der Waals surface area contributed by atoms with Gasteiger partial charge in [0.15, 0.2) is 5.78 Å². The molecule has 1 aliphatic heterocycles. The van der Waals surface area contributed by atoms with Gasteiger partial charge in [-0.05, 0) is 5.56 Å². The fraction of sp³-hybridized carbons (Fsp3) is 0.222. The van der Waals surface area contributed by atoms with Crippen LogP contribution in [0.15, 0.2) is 60.7 Å². The Bertz CT molecular complexity index is 684. The molecule has 0 spiro atoms. The van der Waals surface area contributed by atoms with Crippen LogP contribution in [0.5, 0.6) is 0 Å². The second-order valence-electron chi connectivity index (χ2n) is 5.51. The van der Waals surface area contributed by atoms with Crippen molar-refractivity contribution in [3.05, 3.63) is 71.8 Å². The van der Waals surface area contributed by atoms with E-state index in [-0.39, 0.29) is 5.78 Å². The molecule has 2 aromatic carbocycles. The molecular formula is C18H17NO3. The van der Waals surface area contributed by atoms with Crippen LogP contribution in [0.4, 0.5) is 0 Å². The molecule has 1 amide bonds. The number of nitrogens with zero attached hydrogens (tertiary/aromatic N) is 1. The van der Waals surface area contributed by atoms with Crippen molar-refractivity contribution in [2.45, 2.75) is 18.1 Å². The SMILES string of the molecule is CN1C(=O)[C@@H](O)C(c2ccccc2)C1C(=O)c1ccccc1. The summed E-state index contributed by atoms with van der Waals surface area (Å²) in [5.74, 6) is -1.11. The Labute approximate surface area is 129 Å². The van der Waals surface area contributed by atoms with Gasteiger partial charge < -0.3 is 10.0 Å². The number of amides is 1. The maximum absolute atomic E-state index is 12.8. The van der Waals surface area contributed by atoms with Crippen molar-refractivity contribution >= 4 is 11.7 Å². The van der Waals surface area contributed by atoms with E-state index in [1.165, 1.54) is 4.90 Å². The van der Waals surface area contributed by atoms with Gasteiger partial charge in [-0.1, -0.05) is 60.7 Å². The lowest BCUT2D eigenvalue weighted by atomic mass is 9.86. The maximum atomic E-state index is 12.8. The Morgan fingerprint density at radius 1 is 1.00 bits per heavy atom. The molecule has 0 aromatic heterocycles. The number of hydrogen-bond acceptors (Lipinski definition) is 3. The molecule has 0 aliphatic carbocycles. The van der Waals surface area contributed by atoms with E-state index in [1.807, 2.05) is 36.4 Å². The normalized spacial score (nSPS) is 24.5. The Morgan fingerprint density at radius 3 is 2.14 bits per heavy atom. The number of aliphatic hydroxyl groups is 1. The van der Waals surface area contributed by atoms with Crippen LogP contribution in [0, 0.1) is 0 Å². The molecule has 3 atom stereocenters. The highest BCUT2D eigenvalue weighted by Crippen LogP contribution is 2.35. The molecule has 2 aromatic rings. The molecule has 22 heavy (non-hydrogen) atoms. The second-order valence-corrected chi connectivity index (χ2v) is 5.51. The molecule has 112 valence electrons. The third-order valence-electron chi connectivity index (χ3n) is 4.21. The van der Waals surface area contributed by atoms with Gasteiger partial charge in [-0.15, -0.1) is 0 Å². The summed E-state index contributed by atoms with van der Waals surface area (Å²) < 4.78 is 0. The molecule has 4 heteroatoms. The first-order chi connectivity index (χ1) is 10.6. The smallest absolute Gasteiger partial charge is 0.252 e. The van der Waals surface area contributed by atoms with Crippen molar-refractivity contribution in [1.29, 1.82) is 0 Å². The average Bonchev–Trinajstić information content (AvgIpc) is 2.80. The van der Waals surface area contributed by atoms with E-state index in [0.717, 1.165) is 5.56 Å². The number of benzene rings is 2. The summed E-state index contributed by atoms with van der Waals surface area (Å²) in [6.07, 6.45) is -1.19. The van der Waals surface area contributed by atoms with Gasteiger partial charge in [-0.25, -0.2) is 0 Å². The zero-order valence-corrected chi connectivity index (χ0v) is 12.2. The Morgan fingerprint density at radius 2 is 1.55 bits per heavy atom. The van der Waals surface area contributed by atoms with E-state index in [9.17, 15) is 14.7 Å². The van der Waals surface area contributed by atoms with E-state index >= 15 is 0 Å². The summed E-state index contributed by atoms with van der Waals surface area (Å²) in [5.41, 5.74) is 1.34. The number of likely N-dealkylation sites (tertiary alicyclic amines) is 1. The van der Waals surface area contributed by atoms with Crippen molar-refractivity contribution in [2.75, 3.05) is 7.05 Å². The minimum Gasteiger partial charge on any atom is -0.383 e. The van der Waals surface area contributed by atoms with Crippen LogP contribution >= 0.6 is 0 Å². The monoisotopic (exact) mass is 295 g/mol. The number of carbonyl (C=O) groups excluding carboxylic acids is 2. The summed E-state index contributed by atoms with van der Waals surface area (Å²) in [6.45, 7) is 0. The van der Waals surface area contributed by atoms with Crippen molar-refractivity contribution < 1.29 is 14.7 Å². The van der Waals surface area contributed by atoms with Crippen LogP contribution in [0.3, 0.4) is 0 Å². The number of ketones is 1. The van der Waals surface area contributed by atoms with Crippen LogP contribution in [-0.2, 0) is 4.79 Å². The van der Waals surface area contributed by atoms with Gasteiger partial charge in [0.1, 0.15) is 12.1 Å². The number of Topliss-reactive ketones (excluding diaryl/α,β-unsaturated/α-hetero) is 1. The first-order valence-electron chi connectivity index (χ1n) is 7.20. The molecule has 4 nitrogen and oxygen atoms in total. The summed E-state index contributed by atoms with van der Waals surface area (Å²) in [6, 6.07) is 17.4. The van der Waals surface area contributed by atoms with Gasteiger partial charge in [0, 0.05) is 18.5 Å². The number of likely N-dealkylation sites (N-methyl/N-ethyl adjacent to an activating group) is 1. The molecular weight excluding hydrogens is 278 g/mol. The Balaban J connectivity index is 2.03. The summed E-state index contributed by atoms with van der Waals surface area (Å²) in [7, 11) is 1.57. The molecule has 1 aliphatic rings. The molecule has 0 bridgehead atoms. The van der Waals surface area contributed by atoms with Crippen LogP contribution in [0.2, 0.25) is 0 Å². The lowest BCUT2D eigenvalue weighted by molar-refractivity contribution is -0.134. The number of rotatable bonds is 3. The Hall–Kier alpha value is -2.46. The van der Waals surface area contributed by atoms with Crippen LogP contribution in [-0.4, -0.2) is 40.9 Å². The molecule has 2 unspecified atom stereocenters. The maximum Gasteiger partial charge on any atom is 0.252 e. The zero-order chi connectivity index (χ0) is 15.7. The molecule has 1 N–H and O–H groups in total. The predicted molar refractivity (Wildman–Crippen MR) is 82.5 cm³/mol. The summed E-state index contributed by atoms with van der Waals surface area (Å²) in [4.78, 5) is 26.3. The number of carbonyl (C=O) groups is 2. The third kappa shape index (κ3) is 2.31. The summed E-state index contributed by atoms with van der Waals surface area (Å²) >= 11 is 0. The van der Waals surface area contributed by atoms with E-state index in [4.69, 9.17) is 0 Å². The predicted octanol–water partition coefficient (Wildman–Crippen LogP) is 1.85. The molecule has 1 saturated heterocycles. The molecule has 3 rings (SSSR count). The standard InChI is InChI=1S/C18H17NO3/c1-19-15(16(20)13-10-6-3-7-11-13)14(17(21)18(19)22)12-8-4-2-5-9-12/h2-11,14-15,17,21H,1H3/t14?,15?,17-/m0/s1. The summed E-state index contributed by atoms with van der Waals surface area (Å²) in [5, 5.41) is 10.3. The van der Waals surface area contributed by atoms with Gasteiger partial charge in [0.25, 0.3) is 5.91 Å². The lowest BCUT2D eigenvalue weighted by Crippen LogP contribution is -2.38. The van der Waals surface area contributed by atoms with E-state index in [0.29, 0.717) is 5.56 Å². The van der Waals surface area contributed by atoms with Gasteiger partial charge in [-0.2, -0.15) is 0 Å². The van der Waals surface area contributed by atoms with E-state index in [2.05, 4.69) is 0 Å². The highest BCUT2D eigenvalue weighted by atomic mass is 16.3. The van der Waals surface area contributed by atoms with Crippen molar-refractivity contribution in [3.8, 4) is 0 Å². The van der Waals surface area contributed by atoms with Crippen LogP contribution < -0.4 is 0 Å². The van der Waals surface area contributed by atoms with Crippen molar-refractivity contribution in [1.82, 2.24) is 4.90 Å². The van der Waals surface area contributed by atoms with Gasteiger partial charge in [0.2, 0.25) is 0 Å². The highest BCUT2D eigenvalue weighted by Gasteiger charge is 2.49. The fourth-order valence-electron chi connectivity index (χ4n) is 3.06. The third-order valence-corrected chi connectivity index (χ3v) is 4.21. The van der Waals surface area contributed by atoms with Gasteiger partial charge >= 0.3 is 0 Å². The quantitative estimate of drug-likeness (QED) is 0.879. The van der Waals surface area contributed by atoms with Crippen molar-refractivity contribution in [3.63, 3.8) is 0 Å².